The van der Waals surface area contributed by atoms with Crippen molar-refractivity contribution in [2.75, 3.05) is 6.54 Å². The van der Waals surface area contributed by atoms with Gasteiger partial charge in [-0.2, -0.15) is 5.10 Å². The Morgan fingerprint density at radius 3 is 2.94 bits per heavy atom. The largest absolute Gasteiger partial charge is 0.325 e. The van der Waals surface area contributed by atoms with E-state index in [1.54, 1.807) is 6.07 Å². The first-order valence-electron chi connectivity index (χ1n) is 5.00. The number of benzene rings is 1. The summed E-state index contributed by atoms with van der Waals surface area (Å²) < 4.78 is 0. The molecular weight excluding hydrogens is 226 g/mol. The number of amides is 1. The van der Waals surface area contributed by atoms with Gasteiger partial charge in [-0.1, -0.05) is 23.7 Å². The monoisotopic (exact) mass is 237 g/mol. The molecule has 0 radical (unpaired) electrons. The van der Waals surface area contributed by atoms with Crippen molar-refractivity contribution < 1.29 is 4.79 Å². The molecule has 1 aromatic rings. The molecule has 2 N–H and O–H groups in total. The zero-order chi connectivity index (χ0) is 11.5. The highest BCUT2D eigenvalue weighted by Crippen LogP contribution is 2.16. The minimum absolute atomic E-state index is 0.0135. The number of nitrogens with two attached hydrogens (primary N) is 1. The van der Waals surface area contributed by atoms with Crippen LogP contribution in [0.2, 0.25) is 5.02 Å². The van der Waals surface area contributed by atoms with Crippen molar-refractivity contribution in [2.24, 2.45) is 10.8 Å². The van der Waals surface area contributed by atoms with E-state index in [2.05, 4.69) is 5.10 Å². The van der Waals surface area contributed by atoms with Crippen LogP contribution in [0.15, 0.2) is 29.4 Å². The van der Waals surface area contributed by atoms with Gasteiger partial charge in [0.15, 0.2) is 0 Å². The Labute approximate surface area is 98.7 Å². The van der Waals surface area contributed by atoms with Crippen molar-refractivity contribution in [3.05, 3.63) is 34.9 Å². The molecule has 1 heterocycles. The van der Waals surface area contributed by atoms with E-state index < -0.39 is 0 Å². The zero-order valence-electron chi connectivity index (χ0n) is 8.69. The molecule has 0 fully saturated rings. The van der Waals surface area contributed by atoms with E-state index in [0.29, 0.717) is 24.5 Å². The molecule has 0 saturated carbocycles. The molecule has 1 aromatic carbocycles. The summed E-state index contributed by atoms with van der Waals surface area (Å²) in [6, 6.07) is 7.39. The molecule has 0 aliphatic carbocycles. The van der Waals surface area contributed by atoms with Crippen LogP contribution in [0.5, 0.6) is 0 Å². The first-order valence-corrected chi connectivity index (χ1v) is 5.38. The first-order chi connectivity index (χ1) is 7.69. The number of carbonyl (C=O) groups excluding carboxylic acids is 1. The quantitative estimate of drug-likeness (QED) is 0.864. The second-order valence-corrected chi connectivity index (χ2v) is 4.06. The molecule has 0 atom stereocenters. The maximum Gasteiger partial charge on any atom is 0.248 e. The van der Waals surface area contributed by atoms with Crippen molar-refractivity contribution in [1.82, 2.24) is 5.01 Å². The smallest absolute Gasteiger partial charge is 0.248 e. The normalized spacial score (nSPS) is 15.5. The number of hydrogen-bond donors (Lipinski definition) is 1. The van der Waals surface area contributed by atoms with Gasteiger partial charge in [0.1, 0.15) is 0 Å². The van der Waals surface area contributed by atoms with Gasteiger partial charge in [0, 0.05) is 11.6 Å². The van der Waals surface area contributed by atoms with Crippen LogP contribution in [0.25, 0.3) is 0 Å². The summed E-state index contributed by atoms with van der Waals surface area (Å²) in [6.07, 6.45) is 0.330. The molecule has 0 aromatic heterocycles. The third-order valence-corrected chi connectivity index (χ3v) is 2.60. The van der Waals surface area contributed by atoms with E-state index in [0.717, 1.165) is 11.3 Å². The Kier molecular flexibility index (Phi) is 3.22. The molecule has 0 saturated heterocycles. The van der Waals surface area contributed by atoms with Crippen LogP contribution < -0.4 is 5.73 Å². The molecule has 16 heavy (non-hydrogen) atoms. The lowest BCUT2D eigenvalue weighted by atomic mass is 10.2. The second-order valence-electron chi connectivity index (χ2n) is 3.63. The standard InChI is InChI=1S/C11H12ClN3O/c12-9-3-1-2-8(4-9)7-15-11(16)5-10(6-13)14-15/h1-4H,5-7,13H2. The molecule has 5 heteroatoms. The van der Waals surface area contributed by atoms with Crippen molar-refractivity contribution in [3.8, 4) is 0 Å². The number of hydrazone groups is 1. The van der Waals surface area contributed by atoms with E-state index in [9.17, 15) is 4.79 Å². The molecule has 4 nitrogen and oxygen atoms in total. The lowest BCUT2D eigenvalue weighted by molar-refractivity contribution is -0.129. The molecule has 1 aliphatic heterocycles. The minimum atomic E-state index is -0.0135. The topological polar surface area (TPSA) is 58.7 Å². The second kappa shape index (κ2) is 4.63. The summed E-state index contributed by atoms with van der Waals surface area (Å²) in [6.45, 7) is 0.778. The average molecular weight is 238 g/mol. The summed E-state index contributed by atoms with van der Waals surface area (Å²) in [7, 11) is 0. The van der Waals surface area contributed by atoms with Crippen LogP contribution >= 0.6 is 11.6 Å². The molecule has 0 bridgehead atoms. The van der Waals surface area contributed by atoms with Crippen molar-refractivity contribution in [2.45, 2.75) is 13.0 Å². The van der Waals surface area contributed by atoms with Crippen molar-refractivity contribution >= 4 is 23.2 Å². The Bertz CT molecular complexity index is 445. The highest BCUT2D eigenvalue weighted by atomic mass is 35.5. The minimum Gasteiger partial charge on any atom is -0.325 e. The maximum atomic E-state index is 11.6. The number of rotatable bonds is 3. The van der Waals surface area contributed by atoms with Crippen LogP contribution in [-0.2, 0) is 11.3 Å². The number of carbonyl (C=O) groups is 1. The molecule has 1 aliphatic rings. The van der Waals surface area contributed by atoms with E-state index in [4.69, 9.17) is 17.3 Å². The van der Waals surface area contributed by atoms with Gasteiger partial charge in [-0.3, -0.25) is 4.79 Å². The summed E-state index contributed by atoms with van der Waals surface area (Å²) in [5.41, 5.74) is 7.13. The summed E-state index contributed by atoms with van der Waals surface area (Å²) in [5.74, 6) is -0.0135. The third-order valence-electron chi connectivity index (χ3n) is 2.36. The fraction of sp³-hybridized carbons (Fsp3) is 0.273. The van der Waals surface area contributed by atoms with Crippen LogP contribution in [0.4, 0.5) is 0 Å². The van der Waals surface area contributed by atoms with E-state index in [-0.39, 0.29) is 5.91 Å². The van der Waals surface area contributed by atoms with Gasteiger partial charge >= 0.3 is 0 Å². The van der Waals surface area contributed by atoms with Crippen molar-refractivity contribution in [1.29, 1.82) is 0 Å². The Balaban J connectivity index is 2.10. The highest BCUT2D eigenvalue weighted by molar-refractivity contribution is 6.30. The van der Waals surface area contributed by atoms with Crippen molar-refractivity contribution in [3.63, 3.8) is 0 Å². The number of nitrogens with zero attached hydrogens (tertiary/aromatic N) is 2. The van der Waals surface area contributed by atoms with Gasteiger partial charge in [0.2, 0.25) is 5.91 Å². The number of hydrogen-bond acceptors (Lipinski definition) is 3. The third kappa shape index (κ3) is 2.40. The molecule has 84 valence electrons. The molecule has 2 rings (SSSR count). The van der Waals surface area contributed by atoms with E-state index in [1.165, 1.54) is 5.01 Å². The predicted octanol–water partition coefficient (Wildman–Crippen LogP) is 1.39. The Morgan fingerprint density at radius 1 is 1.50 bits per heavy atom. The fourth-order valence-electron chi connectivity index (χ4n) is 1.57. The van der Waals surface area contributed by atoms with Gasteiger partial charge in [-0.05, 0) is 17.7 Å². The van der Waals surface area contributed by atoms with Crippen LogP contribution in [0.3, 0.4) is 0 Å². The van der Waals surface area contributed by atoms with Crippen LogP contribution in [0.1, 0.15) is 12.0 Å². The van der Waals surface area contributed by atoms with E-state index in [1.807, 2.05) is 18.2 Å². The molecular formula is C11H12ClN3O. The number of halogens is 1. The lowest BCUT2D eigenvalue weighted by Crippen LogP contribution is -2.20. The average Bonchev–Trinajstić information content (AvgIpc) is 2.60. The van der Waals surface area contributed by atoms with Gasteiger partial charge in [0.25, 0.3) is 0 Å². The predicted molar refractivity (Wildman–Crippen MR) is 63.1 cm³/mol. The Morgan fingerprint density at radius 2 is 2.31 bits per heavy atom. The molecule has 1 amide bonds. The summed E-state index contributed by atoms with van der Waals surface area (Å²) in [5, 5.41) is 6.24. The fourth-order valence-corrected chi connectivity index (χ4v) is 1.79. The molecule has 0 spiro atoms. The van der Waals surface area contributed by atoms with Gasteiger partial charge < -0.3 is 5.73 Å². The molecule has 0 unspecified atom stereocenters. The van der Waals surface area contributed by atoms with Gasteiger partial charge in [-0.15, -0.1) is 0 Å². The maximum absolute atomic E-state index is 11.6. The van der Waals surface area contributed by atoms with Gasteiger partial charge in [0.05, 0.1) is 18.7 Å². The summed E-state index contributed by atoms with van der Waals surface area (Å²) >= 11 is 5.86. The highest BCUT2D eigenvalue weighted by Gasteiger charge is 2.22. The lowest BCUT2D eigenvalue weighted by Gasteiger charge is -2.11. The SMILES string of the molecule is NCC1=NN(Cc2cccc(Cl)c2)C(=O)C1. The van der Waals surface area contributed by atoms with E-state index >= 15 is 0 Å². The van der Waals surface area contributed by atoms with Crippen LogP contribution in [0, 0.1) is 0 Å². The summed E-state index contributed by atoms with van der Waals surface area (Å²) in [4.78, 5) is 11.6. The zero-order valence-corrected chi connectivity index (χ0v) is 9.44. The van der Waals surface area contributed by atoms with Crippen LogP contribution in [-0.4, -0.2) is 23.2 Å². The first kappa shape index (κ1) is 11.1. The van der Waals surface area contributed by atoms with Gasteiger partial charge in [-0.25, -0.2) is 5.01 Å². The Hall–Kier alpha value is -1.39.